The van der Waals surface area contributed by atoms with Gasteiger partial charge in [0.1, 0.15) is 11.8 Å². The first kappa shape index (κ1) is 19.8. The number of nitrogens with one attached hydrogen (secondary N) is 3. The van der Waals surface area contributed by atoms with Crippen molar-refractivity contribution >= 4 is 17.6 Å². The van der Waals surface area contributed by atoms with Gasteiger partial charge in [0.15, 0.2) is 0 Å². The zero-order valence-electron chi connectivity index (χ0n) is 15.6. The summed E-state index contributed by atoms with van der Waals surface area (Å²) in [6, 6.07) is 4.40. The topological polar surface area (TPSA) is 79.5 Å². The van der Waals surface area contributed by atoms with Crippen molar-refractivity contribution in [2.45, 2.75) is 66.2 Å². The van der Waals surface area contributed by atoms with Crippen molar-refractivity contribution in [2.75, 3.05) is 5.32 Å². The summed E-state index contributed by atoms with van der Waals surface area (Å²) in [5.41, 5.74) is 1.22. The Hall–Kier alpha value is -2.24. The van der Waals surface area contributed by atoms with Crippen LogP contribution in [0.25, 0.3) is 0 Å². The summed E-state index contributed by atoms with van der Waals surface area (Å²) in [7, 11) is 0. The second-order valence-corrected chi connectivity index (χ2v) is 7.20. The lowest BCUT2D eigenvalue weighted by Crippen LogP contribution is -2.51. The minimum Gasteiger partial charge on any atom is -0.491 e. The highest BCUT2D eigenvalue weighted by Gasteiger charge is 2.20. The number of carbonyl (C=O) groups is 2. The summed E-state index contributed by atoms with van der Waals surface area (Å²) in [6.45, 7) is 13.1. The van der Waals surface area contributed by atoms with Gasteiger partial charge in [0.05, 0.1) is 6.10 Å². The van der Waals surface area contributed by atoms with E-state index in [2.05, 4.69) is 16.0 Å². The van der Waals surface area contributed by atoms with Gasteiger partial charge in [-0.2, -0.15) is 0 Å². The molecule has 134 valence electrons. The van der Waals surface area contributed by atoms with E-state index in [1.54, 1.807) is 19.1 Å². The normalized spacial score (nSPS) is 12.5. The minimum atomic E-state index is -0.631. The van der Waals surface area contributed by atoms with Crippen LogP contribution in [0.1, 0.15) is 47.1 Å². The molecular formula is C18H29N3O3. The summed E-state index contributed by atoms with van der Waals surface area (Å²) in [5, 5.41) is 8.21. The number of anilines is 1. The van der Waals surface area contributed by atoms with E-state index in [-0.39, 0.29) is 17.6 Å². The SMILES string of the molecule is Cc1cc(OC(C)C)ccc1NC(=O)N[C@@H](C)C(=O)NC(C)(C)C. The summed E-state index contributed by atoms with van der Waals surface area (Å²) in [4.78, 5) is 24.1. The number of urea groups is 1. The van der Waals surface area contributed by atoms with Crippen LogP contribution in [0, 0.1) is 6.92 Å². The van der Waals surface area contributed by atoms with Gasteiger partial charge >= 0.3 is 6.03 Å². The average Bonchev–Trinajstić information content (AvgIpc) is 2.39. The van der Waals surface area contributed by atoms with Crippen LogP contribution in [0.3, 0.4) is 0 Å². The standard InChI is InChI=1S/C18H29N3O3/c1-11(2)24-14-8-9-15(12(3)10-14)20-17(23)19-13(4)16(22)21-18(5,6)7/h8-11,13H,1-7H3,(H,21,22)(H2,19,20,23)/t13-/m0/s1. The molecule has 1 aromatic rings. The second kappa shape index (κ2) is 8.04. The lowest BCUT2D eigenvalue weighted by atomic mass is 10.1. The summed E-state index contributed by atoms with van der Waals surface area (Å²) < 4.78 is 5.62. The van der Waals surface area contributed by atoms with Gasteiger partial charge in [-0.1, -0.05) is 0 Å². The van der Waals surface area contributed by atoms with E-state index < -0.39 is 12.1 Å². The first-order chi connectivity index (χ1) is 11.0. The fourth-order valence-corrected chi connectivity index (χ4v) is 2.02. The van der Waals surface area contributed by atoms with Crippen LogP contribution in [-0.4, -0.2) is 29.6 Å². The largest absolute Gasteiger partial charge is 0.491 e. The highest BCUT2D eigenvalue weighted by atomic mass is 16.5. The third kappa shape index (κ3) is 6.89. The maximum Gasteiger partial charge on any atom is 0.319 e. The van der Waals surface area contributed by atoms with E-state index in [9.17, 15) is 9.59 Å². The molecule has 0 heterocycles. The molecule has 1 atom stereocenters. The lowest BCUT2D eigenvalue weighted by Gasteiger charge is -2.23. The van der Waals surface area contributed by atoms with Gasteiger partial charge in [0.2, 0.25) is 5.91 Å². The van der Waals surface area contributed by atoms with Crippen LogP contribution in [0.15, 0.2) is 18.2 Å². The van der Waals surface area contributed by atoms with Crippen molar-refractivity contribution in [3.05, 3.63) is 23.8 Å². The van der Waals surface area contributed by atoms with Crippen molar-refractivity contribution in [3.8, 4) is 5.75 Å². The molecule has 1 aromatic carbocycles. The van der Waals surface area contributed by atoms with Gasteiger partial charge < -0.3 is 20.7 Å². The zero-order chi connectivity index (χ0) is 18.5. The number of hydrogen-bond donors (Lipinski definition) is 3. The van der Waals surface area contributed by atoms with E-state index in [4.69, 9.17) is 4.74 Å². The Morgan fingerprint density at radius 2 is 1.75 bits per heavy atom. The predicted molar refractivity (Wildman–Crippen MR) is 96.5 cm³/mol. The van der Waals surface area contributed by atoms with Crippen LogP contribution in [-0.2, 0) is 4.79 Å². The molecule has 0 fully saturated rings. The number of carbonyl (C=O) groups excluding carboxylic acids is 2. The van der Waals surface area contributed by atoms with Gasteiger partial charge in [-0.3, -0.25) is 4.79 Å². The third-order valence-electron chi connectivity index (χ3n) is 3.06. The molecule has 0 bridgehead atoms. The molecule has 0 radical (unpaired) electrons. The van der Waals surface area contributed by atoms with E-state index in [1.807, 2.05) is 47.6 Å². The molecule has 0 aliphatic carbocycles. The molecule has 0 spiro atoms. The molecule has 0 aliphatic heterocycles. The molecule has 0 aromatic heterocycles. The summed E-state index contributed by atoms with van der Waals surface area (Å²) >= 11 is 0. The lowest BCUT2D eigenvalue weighted by molar-refractivity contribution is -0.123. The van der Waals surface area contributed by atoms with Crippen molar-refractivity contribution in [1.82, 2.24) is 10.6 Å². The maximum absolute atomic E-state index is 12.1. The summed E-state index contributed by atoms with van der Waals surface area (Å²) in [6.07, 6.45) is 0.0914. The molecular weight excluding hydrogens is 306 g/mol. The molecule has 6 nitrogen and oxygen atoms in total. The first-order valence-electron chi connectivity index (χ1n) is 8.15. The molecule has 0 unspecified atom stereocenters. The molecule has 24 heavy (non-hydrogen) atoms. The van der Waals surface area contributed by atoms with Crippen LogP contribution in [0.5, 0.6) is 5.75 Å². The van der Waals surface area contributed by atoms with Gasteiger partial charge in [0.25, 0.3) is 0 Å². The van der Waals surface area contributed by atoms with E-state index in [0.29, 0.717) is 5.69 Å². The Kier molecular flexibility index (Phi) is 6.63. The van der Waals surface area contributed by atoms with Crippen LogP contribution in [0.2, 0.25) is 0 Å². The van der Waals surface area contributed by atoms with Crippen molar-refractivity contribution < 1.29 is 14.3 Å². The molecule has 0 saturated carbocycles. The van der Waals surface area contributed by atoms with Crippen molar-refractivity contribution in [3.63, 3.8) is 0 Å². The molecule has 0 aliphatic rings. The molecule has 0 saturated heterocycles. The van der Waals surface area contributed by atoms with E-state index in [1.165, 1.54) is 0 Å². The summed E-state index contributed by atoms with van der Waals surface area (Å²) in [5.74, 6) is 0.529. The number of amides is 3. The second-order valence-electron chi connectivity index (χ2n) is 7.20. The van der Waals surface area contributed by atoms with Gasteiger partial charge in [-0.25, -0.2) is 4.79 Å². The number of hydrogen-bond acceptors (Lipinski definition) is 3. The average molecular weight is 335 g/mol. The number of rotatable bonds is 5. The fourth-order valence-electron chi connectivity index (χ4n) is 2.02. The Morgan fingerprint density at radius 1 is 1.12 bits per heavy atom. The van der Waals surface area contributed by atoms with Crippen LogP contribution >= 0.6 is 0 Å². The number of aryl methyl sites for hydroxylation is 1. The highest BCUT2D eigenvalue weighted by Crippen LogP contribution is 2.22. The minimum absolute atomic E-state index is 0.0914. The monoisotopic (exact) mass is 335 g/mol. The van der Waals surface area contributed by atoms with Crippen molar-refractivity contribution in [2.24, 2.45) is 0 Å². The maximum atomic E-state index is 12.1. The molecule has 3 N–H and O–H groups in total. The first-order valence-corrected chi connectivity index (χ1v) is 8.15. The van der Waals surface area contributed by atoms with Gasteiger partial charge in [-0.15, -0.1) is 0 Å². The van der Waals surface area contributed by atoms with E-state index >= 15 is 0 Å². The smallest absolute Gasteiger partial charge is 0.319 e. The Labute approximate surface area is 144 Å². The Balaban J connectivity index is 2.63. The predicted octanol–water partition coefficient (Wildman–Crippen LogP) is 3.21. The van der Waals surface area contributed by atoms with E-state index in [0.717, 1.165) is 11.3 Å². The third-order valence-corrected chi connectivity index (χ3v) is 3.06. The highest BCUT2D eigenvalue weighted by molar-refractivity contribution is 5.94. The zero-order valence-corrected chi connectivity index (χ0v) is 15.6. The fraction of sp³-hybridized carbons (Fsp3) is 0.556. The van der Waals surface area contributed by atoms with Gasteiger partial charge in [0, 0.05) is 11.2 Å². The van der Waals surface area contributed by atoms with Crippen molar-refractivity contribution in [1.29, 1.82) is 0 Å². The molecule has 1 rings (SSSR count). The molecule has 6 heteroatoms. The Morgan fingerprint density at radius 3 is 2.25 bits per heavy atom. The number of benzene rings is 1. The van der Waals surface area contributed by atoms with Crippen LogP contribution in [0.4, 0.5) is 10.5 Å². The quantitative estimate of drug-likeness (QED) is 0.773. The Bertz CT molecular complexity index is 592. The molecule has 3 amide bonds. The van der Waals surface area contributed by atoms with Crippen LogP contribution < -0.4 is 20.7 Å². The number of ether oxygens (including phenoxy) is 1. The van der Waals surface area contributed by atoms with Gasteiger partial charge in [-0.05, 0) is 72.2 Å².